The molecule has 1 saturated carbocycles. The van der Waals surface area contributed by atoms with Crippen molar-refractivity contribution in [3.8, 4) is 6.07 Å². The van der Waals surface area contributed by atoms with Crippen LogP contribution in [-0.4, -0.2) is 45.0 Å². The lowest BCUT2D eigenvalue weighted by atomic mass is 9.88. The average molecular weight is 531 g/mol. The van der Waals surface area contributed by atoms with Gasteiger partial charge in [-0.15, -0.1) is 0 Å². The molecule has 0 radical (unpaired) electrons. The predicted molar refractivity (Wildman–Crippen MR) is 147 cm³/mol. The number of hydrogen-bond acceptors (Lipinski definition) is 7. The third kappa shape index (κ3) is 6.79. The molecule has 4 rings (SSSR count). The number of rotatable bonds is 7. The van der Waals surface area contributed by atoms with Crippen LogP contribution in [0.15, 0.2) is 36.5 Å². The van der Waals surface area contributed by atoms with Gasteiger partial charge in [0.05, 0.1) is 23.0 Å². The maximum absolute atomic E-state index is 13.1. The zero-order chi connectivity index (χ0) is 28.2. The van der Waals surface area contributed by atoms with Gasteiger partial charge in [-0.1, -0.05) is 19.3 Å². The van der Waals surface area contributed by atoms with Crippen molar-refractivity contribution in [2.75, 3.05) is 17.3 Å². The number of nitrogens with one attached hydrogen (secondary N) is 1. The van der Waals surface area contributed by atoms with Gasteiger partial charge in [0.25, 0.3) is 5.91 Å². The van der Waals surface area contributed by atoms with E-state index < -0.39 is 11.5 Å². The van der Waals surface area contributed by atoms with Crippen molar-refractivity contribution in [2.45, 2.75) is 71.4 Å². The Labute approximate surface area is 228 Å². The van der Waals surface area contributed by atoms with Gasteiger partial charge in [0.2, 0.25) is 11.9 Å². The van der Waals surface area contributed by atoms with Crippen LogP contribution in [0.4, 0.5) is 11.6 Å². The van der Waals surface area contributed by atoms with E-state index in [1.165, 1.54) is 24.8 Å². The van der Waals surface area contributed by atoms with Crippen molar-refractivity contribution in [1.82, 2.24) is 14.5 Å². The number of aryl methyl sites for hydroxylation is 1. The summed E-state index contributed by atoms with van der Waals surface area (Å²) in [4.78, 5) is 48.8. The predicted octanol–water partition coefficient (Wildman–Crippen LogP) is 4.83. The van der Waals surface area contributed by atoms with Crippen LogP contribution < -0.4 is 10.2 Å². The number of benzene rings is 1. The number of pyridine rings is 1. The Bertz CT molecular complexity index is 1410. The molecule has 2 heterocycles. The van der Waals surface area contributed by atoms with E-state index in [2.05, 4.69) is 15.3 Å². The first-order valence-electron chi connectivity index (χ1n) is 13.2. The summed E-state index contributed by atoms with van der Waals surface area (Å²) in [5, 5.41) is 11.8. The number of carbonyl (C=O) groups excluding carboxylic acids is 3. The van der Waals surface area contributed by atoms with Crippen molar-refractivity contribution in [3.05, 3.63) is 47.8 Å². The third-order valence-corrected chi connectivity index (χ3v) is 6.73. The number of nitriles is 1. The number of carbonyl (C=O) groups is 3. The molecule has 1 N–H and O–H groups in total. The smallest absolute Gasteiger partial charge is 0.308 e. The van der Waals surface area contributed by atoms with Crippen LogP contribution in [0, 0.1) is 17.2 Å². The molecule has 0 atom stereocenters. The maximum atomic E-state index is 13.1. The van der Waals surface area contributed by atoms with Gasteiger partial charge in [-0.05, 0) is 63.9 Å². The summed E-state index contributed by atoms with van der Waals surface area (Å²) in [6.45, 7) is 5.65. The lowest BCUT2D eigenvalue weighted by molar-refractivity contribution is -0.155. The first kappa shape index (κ1) is 27.8. The summed E-state index contributed by atoms with van der Waals surface area (Å²) in [5.41, 5.74) is 1.85. The Morgan fingerprint density at radius 3 is 2.54 bits per heavy atom. The van der Waals surface area contributed by atoms with Crippen molar-refractivity contribution in [2.24, 2.45) is 5.92 Å². The molecule has 1 aliphatic carbocycles. The molecule has 1 aliphatic rings. The topological polar surface area (TPSA) is 130 Å². The van der Waals surface area contributed by atoms with Gasteiger partial charge in [0.1, 0.15) is 17.4 Å². The van der Waals surface area contributed by atoms with Gasteiger partial charge >= 0.3 is 5.97 Å². The van der Waals surface area contributed by atoms with E-state index in [0.29, 0.717) is 16.7 Å². The van der Waals surface area contributed by atoms with Crippen LogP contribution in [0.3, 0.4) is 0 Å². The molecule has 0 aliphatic heterocycles. The maximum Gasteiger partial charge on any atom is 0.308 e. The fraction of sp³-hybridized carbons (Fsp3) is 0.448. The van der Waals surface area contributed by atoms with E-state index in [4.69, 9.17) is 10.00 Å². The molecular formula is C29H34N6O4. The number of amides is 2. The SMILES string of the molecule is CN(C(=O)C1CCCCC1)c1ccc2c(c1)nc(NC(=O)c1ccc(C#N)nc1)n2CCC(=O)OC(C)(C)C. The summed E-state index contributed by atoms with van der Waals surface area (Å²) < 4.78 is 7.21. The Morgan fingerprint density at radius 1 is 1.15 bits per heavy atom. The highest BCUT2D eigenvalue weighted by Crippen LogP contribution is 2.30. The second-order valence-electron chi connectivity index (χ2n) is 10.8. The van der Waals surface area contributed by atoms with E-state index in [1.807, 2.05) is 24.3 Å². The van der Waals surface area contributed by atoms with E-state index in [-0.39, 0.29) is 48.0 Å². The van der Waals surface area contributed by atoms with Crippen molar-refractivity contribution in [3.63, 3.8) is 0 Å². The van der Waals surface area contributed by atoms with Crippen LogP contribution in [0.2, 0.25) is 0 Å². The number of fused-ring (bicyclic) bond motifs is 1. The van der Waals surface area contributed by atoms with Gasteiger partial charge in [-0.25, -0.2) is 9.97 Å². The minimum atomic E-state index is -0.613. The molecule has 1 aromatic carbocycles. The van der Waals surface area contributed by atoms with Crippen LogP contribution in [0.25, 0.3) is 11.0 Å². The van der Waals surface area contributed by atoms with E-state index in [0.717, 1.165) is 25.7 Å². The monoisotopic (exact) mass is 530 g/mol. The van der Waals surface area contributed by atoms with E-state index in [1.54, 1.807) is 37.3 Å². The van der Waals surface area contributed by atoms with Crippen molar-refractivity contribution >= 4 is 40.5 Å². The number of aromatic nitrogens is 3. The fourth-order valence-corrected chi connectivity index (χ4v) is 4.76. The van der Waals surface area contributed by atoms with Gasteiger partial charge in [0.15, 0.2) is 0 Å². The molecule has 204 valence electrons. The zero-order valence-corrected chi connectivity index (χ0v) is 22.9. The number of imidazole rings is 1. The number of esters is 1. The minimum Gasteiger partial charge on any atom is -0.460 e. The molecule has 2 aromatic heterocycles. The first-order valence-corrected chi connectivity index (χ1v) is 13.2. The Hall–Kier alpha value is -4.26. The largest absolute Gasteiger partial charge is 0.460 e. The first-order chi connectivity index (χ1) is 18.6. The summed E-state index contributed by atoms with van der Waals surface area (Å²) >= 11 is 0. The molecule has 10 nitrogen and oxygen atoms in total. The quantitative estimate of drug-likeness (QED) is 0.433. The summed E-state index contributed by atoms with van der Waals surface area (Å²) in [6, 6.07) is 10.4. The Morgan fingerprint density at radius 2 is 1.90 bits per heavy atom. The number of nitrogens with zero attached hydrogens (tertiary/aromatic N) is 5. The second kappa shape index (κ2) is 11.6. The average Bonchev–Trinajstić information content (AvgIpc) is 3.26. The van der Waals surface area contributed by atoms with Gasteiger partial charge < -0.3 is 14.2 Å². The normalized spacial score (nSPS) is 14.0. The molecule has 0 bridgehead atoms. The summed E-state index contributed by atoms with van der Waals surface area (Å²) in [6.07, 6.45) is 6.53. The van der Waals surface area contributed by atoms with Crippen LogP contribution in [0.1, 0.15) is 75.3 Å². The molecule has 10 heteroatoms. The highest BCUT2D eigenvalue weighted by Gasteiger charge is 2.26. The molecule has 0 saturated heterocycles. The minimum absolute atomic E-state index is 0.0294. The zero-order valence-electron chi connectivity index (χ0n) is 22.9. The molecule has 3 aromatic rings. The van der Waals surface area contributed by atoms with Crippen molar-refractivity contribution < 1.29 is 19.1 Å². The van der Waals surface area contributed by atoms with Gasteiger partial charge in [0, 0.05) is 31.4 Å². The Balaban J connectivity index is 1.62. The second-order valence-corrected chi connectivity index (χ2v) is 10.8. The number of ether oxygens (including phenoxy) is 1. The molecule has 0 unspecified atom stereocenters. The highest BCUT2D eigenvalue weighted by molar-refractivity contribution is 6.04. The van der Waals surface area contributed by atoms with Crippen molar-refractivity contribution in [1.29, 1.82) is 5.26 Å². The van der Waals surface area contributed by atoms with Gasteiger partial charge in [-0.2, -0.15) is 5.26 Å². The third-order valence-electron chi connectivity index (χ3n) is 6.73. The molecular weight excluding hydrogens is 496 g/mol. The molecule has 0 spiro atoms. The molecule has 1 fully saturated rings. The summed E-state index contributed by atoms with van der Waals surface area (Å²) in [5.74, 6) is -0.443. The lowest BCUT2D eigenvalue weighted by Crippen LogP contribution is -2.33. The number of hydrogen-bond donors (Lipinski definition) is 1. The molecule has 39 heavy (non-hydrogen) atoms. The van der Waals surface area contributed by atoms with Crippen LogP contribution in [-0.2, 0) is 20.9 Å². The van der Waals surface area contributed by atoms with E-state index >= 15 is 0 Å². The number of anilines is 2. The molecule has 2 amide bonds. The Kier molecular flexibility index (Phi) is 8.29. The lowest BCUT2D eigenvalue weighted by Gasteiger charge is -2.26. The summed E-state index contributed by atoms with van der Waals surface area (Å²) in [7, 11) is 1.78. The van der Waals surface area contributed by atoms with Crippen LogP contribution >= 0.6 is 0 Å². The van der Waals surface area contributed by atoms with Gasteiger partial charge in [-0.3, -0.25) is 19.7 Å². The highest BCUT2D eigenvalue weighted by atomic mass is 16.6. The van der Waals surface area contributed by atoms with Crippen LogP contribution in [0.5, 0.6) is 0 Å². The van der Waals surface area contributed by atoms with E-state index in [9.17, 15) is 14.4 Å². The standard InChI is InChI=1S/C29H34N6O4/c1-29(2,3)39-25(36)14-15-35-24-13-12-22(34(4)27(38)19-8-6-5-7-9-19)16-23(24)32-28(35)33-26(37)20-10-11-21(17-30)31-18-20/h10-13,16,18-19H,5-9,14-15H2,1-4H3,(H,32,33,37). The fourth-order valence-electron chi connectivity index (χ4n) is 4.76.